The lowest BCUT2D eigenvalue weighted by Crippen LogP contribution is -2.46. The molecule has 28 heavy (non-hydrogen) atoms. The number of halogens is 3. The highest BCUT2D eigenvalue weighted by Gasteiger charge is 2.52. The van der Waals surface area contributed by atoms with Crippen molar-refractivity contribution in [1.82, 2.24) is 15.5 Å². The van der Waals surface area contributed by atoms with Crippen molar-refractivity contribution in [2.75, 3.05) is 18.4 Å². The molecule has 1 aliphatic heterocycles. The first-order chi connectivity index (χ1) is 13.2. The van der Waals surface area contributed by atoms with E-state index in [0.717, 1.165) is 23.8 Å². The highest BCUT2D eigenvalue weighted by molar-refractivity contribution is 6.09. The molecule has 2 fully saturated rings. The third-order valence-corrected chi connectivity index (χ3v) is 4.76. The van der Waals surface area contributed by atoms with Gasteiger partial charge in [0.15, 0.2) is 17.5 Å². The number of nitrogens with zero attached hydrogens (tertiary/aromatic N) is 1. The second-order valence-corrected chi connectivity index (χ2v) is 6.66. The quantitative estimate of drug-likeness (QED) is 0.509. The topological polar surface area (TPSA) is 108 Å². The summed E-state index contributed by atoms with van der Waals surface area (Å²) >= 11 is 0. The Kier molecular flexibility index (Phi) is 5.25. The van der Waals surface area contributed by atoms with Crippen LogP contribution >= 0.6 is 0 Å². The number of carbonyl (C=O) groups is 4. The van der Waals surface area contributed by atoms with Crippen LogP contribution in [0.15, 0.2) is 12.1 Å². The van der Waals surface area contributed by atoms with Gasteiger partial charge in [-0.3, -0.25) is 19.3 Å². The zero-order valence-electron chi connectivity index (χ0n) is 14.6. The van der Waals surface area contributed by atoms with Crippen LogP contribution in [0.2, 0.25) is 0 Å². The molecule has 2 aliphatic rings. The van der Waals surface area contributed by atoms with E-state index in [4.69, 9.17) is 0 Å². The average Bonchev–Trinajstić information content (AvgIpc) is 3.21. The van der Waals surface area contributed by atoms with Gasteiger partial charge in [0.05, 0.1) is 12.2 Å². The predicted molar refractivity (Wildman–Crippen MR) is 89.4 cm³/mol. The molecule has 0 unspecified atom stereocenters. The van der Waals surface area contributed by atoms with Gasteiger partial charge in [-0.2, -0.15) is 0 Å². The maximum Gasteiger partial charge on any atom is 0.325 e. The Morgan fingerprint density at radius 2 is 1.75 bits per heavy atom. The van der Waals surface area contributed by atoms with Gasteiger partial charge in [-0.05, 0) is 25.0 Å². The number of anilines is 1. The Hall–Kier alpha value is -3.11. The molecule has 0 bridgehead atoms. The zero-order valence-corrected chi connectivity index (χ0v) is 14.6. The van der Waals surface area contributed by atoms with Gasteiger partial charge < -0.3 is 16.0 Å². The van der Waals surface area contributed by atoms with Crippen LogP contribution in [-0.2, 0) is 14.4 Å². The molecule has 150 valence electrons. The van der Waals surface area contributed by atoms with E-state index < -0.39 is 65.5 Å². The van der Waals surface area contributed by atoms with Gasteiger partial charge in [0, 0.05) is 0 Å². The molecule has 1 saturated heterocycles. The lowest BCUT2D eigenvalue weighted by atomic mass is 9.98. The molecule has 1 aliphatic carbocycles. The number of imide groups is 1. The minimum atomic E-state index is -1.73. The van der Waals surface area contributed by atoms with Gasteiger partial charge in [-0.15, -0.1) is 0 Å². The van der Waals surface area contributed by atoms with Crippen molar-refractivity contribution < 1.29 is 32.3 Å². The van der Waals surface area contributed by atoms with Crippen molar-refractivity contribution >= 4 is 29.4 Å². The molecule has 0 radical (unpaired) electrons. The number of urea groups is 1. The van der Waals surface area contributed by atoms with Gasteiger partial charge in [-0.1, -0.05) is 12.8 Å². The lowest BCUT2D eigenvalue weighted by Gasteiger charge is -2.19. The molecule has 1 saturated carbocycles. The second kappa shape index (κ2) is 7.49. The van der Waals surface area contributed by atoms with E-state index in [0.29, 0.717) is 18.9 Å². The van der Waals surface area contributed by atoms with Crippen LogP contribution < -0.4 is 16.0 Å². The van der Waals surface area contributed by atoms with Crippen LogP contribution in [0.4, 0.5) is 23.7 Å². The monoisotopic (exact) mass is 398 g/mol. The highest BCUT2D eigenvalue weighted by atomic mass is 19.2. The Labute approximate surface area is 157 Å². The summed E-state index contributed by atoms with van der Waals surface area (Å²) in [7, 11) is 0. The summed E-state index contributed by atoms with van der Waals surface area (Å²) < 4.78 is 39.5. The first kappa shape index (κ1) is 19.6. The number of benzene rings is 1. The van der Waals surface area contributed by atoms with E-state index in [1.807, 2.05) is 5.32 Å². The molecular formula is C17H17F3N4O4. The van der Waals surface area contributed by atoms with Gasteiger partial charge >= 0.3 is 6.03 Å². The normalized spacial score (nSPS) is 17.8. The van der Waals surface area contributed by atoms with Crippen LogP contribution in [0, 0.1) is 17.5 Å². The largest absolute Gasteiger partial charge is 0.345 e. The molecule has 1 aromatic carbocycles. The maximum atomic E-state index is 13.5. The van der Waals surface area contributed by atoms with Crippen LogP contribution in [0.5, 0.6) is 0 Å². The SMILES string of the molecule is O=C(CN1C(=O)NC2(CCCC2)C1=O)NCC(=O)Nc1ccc(F)c(F)c1F. The van der Waals surface area contributed by atoms with Crippen molar-refractivity contribution in [3.63, 3.8) is 0 Å². The molecular weight excluding hydrogens is 381 g/mol. The molecule has 1 aromatic rings. The molecule has 0 aromatic heterocycles. The fraction of sp³-hybridized carbons (Fsp3) is 0.412. The van der Waals surface area contributed by atoms with E-state index in [1.54, 1.807) is 0 Å². The third kappa shape index (κ3) is 3.64. The minimum Gasteiger partial charge on any atom is -0.345 e. The highest BCUT2D eigenvalue weighted by Crippen LogP contribution is 2.34. The fourth-order valence-electron chi connectivity index (χ4n) is 3.33. The molecule has 1 heterocycles. The number of hydrogen-bond donors (Lipinski definition) is 3. The number of amides is 5. The lowest BCUT2D eigenvalue weighted by molar-refractivity contribution is -0.135. The first-order valence-electron chi connectivity index (χ1n) is 8.58. The summed E-state index contributed by atoms with van der Waals surface area (Å²) in [6.07, 6.45) is 2.62. The molecule has 0 atom stereocenters. The van der Waals surface area contributed by atoms with Crippen LogP contribution in [0.1, 0.15) is 25.7 Å². The van der Waals surface area contributed by atoms with Gasteiger partial charge in [0.25, 0.3) is 5.91 Å². The molecule has 5 amide bonds. The fourth-order valence-corrected chi connectivity index (χ4v) is 3.33. The molecule has 11 heteroatoms. The van der Waals surface area contributed by atoms with Crippen molar-refractivity contribution in [3.05, 3.63) is 29.6 Å². The average molecular weight is 398 g/mol. The van der Waals surface area contributed by atoms with E-state index in [9.17, 15) is 32.3 Å². The molecule has 3 N–H and O–H groups in total. The molecule has 1 spiro atoms. The Balaban J connectivity index is 1.52. The number of carbonyl (C=O) groups excluding carboxylic acids is 4. The maximum absolute atomic E-state index is 13.5. The summed E-state index contributed by atoms with van der Waals surface area (Å²) in [6.45, 7) is -1.19. The van der Waals surface area contributed by atoms with Crippen molar-refractivity contribution in [1.29, 1.82) is 0 Å². The van der Waals surface area contributed by atoms with E-state index in [1.165, 1.54) is 0 Å². The molecule has 8 nitrogen and oxygen atoms in total. The van der Waals surface area contributed by atoms with E-state index >= 15 is 0 Å². The summed E-state index contributed by atoms with van der Waals surface area (Å²) in [4.78, 5) is 48.9. The Bertz CT molecular complexity index is 855. The standard InChI is InChI=1S/C17H17F3N4O4/c18-9-3-4-10(14(20)13(9)19)22-11(25)7-21-12(26)8-24-15(27)17(23-16(24)28)5-1-2-6-17/h3-4H,1-2,5-8H2,(H,21,26)(H,22,25)(H,23,28). The Morgan fingerprint density at radius 1 is 1.07 bits per heavy atom. The second-order valence-electron chi connectivity index (χ2n) is 6.66. The van der Waals surface area contributed by atoms with E-state index in [-0.39, 0.29) is 0 Å². The zero-order chi connectivity index (χ0) is 20.5. The van der Waals surface area contributed by atoms with Crippen molar-refractivity contribution in [2.45, 2.75) is 31.2 Å². The summed E-state index contributed by atoms with van der Waals surface area (Å²) in [6, 6.07) is 0.806. The van der Waals surface area contributed by atoms with E-state index in [2.05, 4.69) is 10.6 Å². The van der Waals surface area contributed by atoms with Gasteiger partial charge in [0.1, 0.15) is 12.1 Å². The molecule has 3 rings (SSSR count). The van der Waals surface area contributed by atoms with Crippen LogP contribution in [0.3, 0.4) is 0 Å². The van der Waals surface area contributed by atoms with Crippen molar-refractivity contribution in [2.24, 2.45) is 0 Å². The predicted octanol–water partition coefficient (Wildman–Crippen LogP) is 1.02. The summed E-state index contributed by atoms with van der Waals surface area (Å²) in [5.41, 5.74) is -1.53. The summed E-state index contributed by atoms with van der Waals surface area (Å²) in [5, 5.41) is 6.79. The smallest absolute Gasteiger partial charge is 0.325 e. The number of nitrogens with one attached hydrogen (secondary N) is 3. The Morgan fingerprint density at radius 3 is 2.43 bits per heavy atom. The number of rotatable bonds is 5. The van der Waals surface area contributed by atoms with Gasteiger partial charge in [-0.25, -0.2) is 18.0 Å². The van der Waals surface area contributed by atoms with Crippen LogP contribution in [0.25, 0.3) is 0 Å². The number of hydrogen-bond acceptors (Lipinski definition) is 4. The summed E-state index contributed by atoms with van der Waals surface area (Å²) in [5.74, 6) is -6.86. The van der Waals surface area contributed by atoms with Crippen LogP contribution in [-0.4, -0.2) is 47.3 Å². The third-order valence-electron chi connectivity index (χ3n) is 4.76. The van der Waals surface area contributed by atoms with Gasteiger partial charge in [0.2, 0.25) is 11.8 Å². The van der Waals surface area contributed by atoms with Crippen molar-refractivity contribution in [3.8, 4) is 0 Å². The first-order valence-corrected chi connectivity index (χ1v) is 8.58. The minimum absolute atomic E-state index is 0.474.